The lowest BCUT2D eigenvalue weighted by Crippen LogP contribution is -2.17. The van der Waals surface area contributed by atoms with Gasteiger partial charge in [0.2, 0.25) is 0 Å². The summed E-state index contributed by atoms with van der Waals surface area (Å²) in [5, 5.41) is 10.6. The summed E-state index contributed by atoms with van der Waals surface area (Å²) < 4.78 is 0. The van der Waals surface area contributed by atoms with Crippen LogP contribution in [0.2, 0.25) is 0 Å². The summed E-state index contributed by atoms with van der Waals surface area (Å²) in [6.45, 7) is 6.15. The van der Waals surface area contributed by atoms with Gasteiger partial charge in [-0.05, 0) is 36.1 Å². The standard InChI is InChI=1S/C15H19N5O/c1-9(2)11-6-4-5-10(3)14(11)17-15(21)12-7-8-13(18-16)20-19-12/h4-9H,16H2,1-3H3,(H,17,21)(H,18,20). The van der Waals surface area contributed by atoms with E-state index in [2.05, 4.69) is 34.8 Å². The molecular formula is C15H19N5O. The Balaban J connectivity index is 2.26. The third-order valence-electron chi connectivity index (χ3n) is 3.21. The first-order chi connectivity index (χ1) is 10.0. The van der Waals surface area contributed by atoms with Gasteiger partial charge in [0.15, 0.2) is 11.5 Å². The third kappa shape index (κ3) is 3.35. The zero-order valence-electron chi connectivity index (χ0n) is 12.3. The van der Waals surface area contributed by atoms with Crippen molar-refractivity contribution in [3.8, 4) is 0 Å². The molecule has 0 fully saturated rings. The number of rotatable bonds is 4. The van der Waals surface area contributed by atoms with Crippen LogP contribution in [0.25, 0.3) is 0 Å². The van der Waals surface area contributed by atoms with Crippen molar-refractivity contribution in [2.24, 2.45) is 5.84 Å². The number of hydrazine groups is 1. The van der Waals surface area contributed by atoms with Crippen molar-refractivity contribution in [1.29, 1.82) is 0 Å². The van der Waals surface area contributed by atoms with Crippen molar-refractivity contribution >= 4 is 17.4 Å². The van der Waals surface area contributed by atoms with Crippen LogP contribution >= 0.6 is 0 Å². The van der Waals surface area contributed by atoms with E-state index in [4.69, 9.17) is 5.84 Å². The van der Waals surface area contributed by atoms with Gasteiger partial charge in [0, 0.05) is 5.69 Å². The Morgan fingerprint density at radius 2 is 1.95 bits per heavy atom. The Labute approximate surface area is 123 Å². The van der Waals surface area contributed by atoms with Gasteiger partial charge in [0.05, 0.1) is 0 Å². The average Bonchev–Trinajstić information content (AvgIpc) is 2.49. The lowest BCUT2D eigenvalue weighted by atomic mass is 9.98. The minimum absolute atomic E-state index is 0.243. The van der Waals surface area contributed by atoms with Gasteiger partial charge in [-0.3, -0.25) is 4.79 Å². The maximum atomic E-state index is 12.3. The molecule has 4 N–H and O–H groups in total. The van der Waals surface area contributed by atoms with Crippen molar-refractivity contribution in [3.05, 3.63) is 47.2 Å². The number of benzene rings is 1. The van der Waals surface area contributed by atoms with E-state index >= 15 is 0 Å². The number of amides is 1. The van der Waals surface area contributed by atoms with E-state index in [9.17, 15) is 4.79 Å². The van der Waals surface area contributed by atoms with Crippen LogP contribution in [0.5, 0.6) is 0 Å². The molecule has 0 bridgehead atoms. The number of para-hydroxylation sites is 1. The Hall–Kier alpha value is -2.47. The molecule has 6 nitrogen and oxygen atoms in total. The van der Waals surface area contributed by atoms with Gasteiger partial charge in [0.25, 0.3) is 5.91 Å². The van der Waals surface area contributed by atoms with Crippen LogP contribution in [0.4, 0.5) is 11.5 Å². The first-order valence-corrected chi connectivity index (χ1v) is 6.74. The molecule has 0 saturated carbocycles. The molecule has 0 unspecified atom stereocenters. The molecule has 2 aromatic rings. The van der Waals surface area contributed by atoms with Crippen LogP contribution in [0.1, 0.15) is 41.4 Å². The topological polar surface area (TPSA) is 92.9 Å². The average molecular weight is 285 g/mol. The Morgan fingerprint density at radius 1 is 1.19 bits per heavy atom. The molecule has 6 heteroatoms. The van der Waals surface area contributed by atoms with Gasteiger partial charge >= 0.3 is 0 Å². The minimum atomic E-state index is -0.290. The van der Waals surface area contributed by atoms with Gasteiger partial charge < -0.3 is 10.7 Å². The van der Waals surface area contributed by atoms with Gasteiger partial charge in [-0.2, -0.15) is 0 Å². The van der Waals surface area contributed by atoms with E-state index in [1.165, 1.54) is 0 Å². The van der Waals surface area contributed by atoms with Crippen LogP contribution < -0.4 is 16.6 Å². The molecule has 110 valence electrons. The number of hydrogen-bond donors (Lipinski definition) is 3. The third-order valence-corrected chi connectivity index (χ3v) is 3.21. The predicted molar refractivity (Wildman–Crippen MR) is 83.1 cm³/mol. The molecule has 2 rings (SSSR count). The van der Waals surface area contributed by atoms with E-state index in [0.717, 1.165) is 16.8 Å². The monoisotopic (exact) mass is 285 g/mol. The van der Waals surface area contributed by atoms with Crippen LogP contribution in [0, 0.1) is 6.92 Å². The SMILES string of the molecule is Cc1cccc(C(C)C)c1NC(=O)c1ccc(NN)nn1. The molecule has 0 spiro atoms. The second-order valence-corrected chi connectivity index (χ2v) is 5.10. The molecule has 0 radical (unpaired) electrons. The summed E-state index contributed by atoms with van der Waals surface area (Å²) in [5.74, 6) is 5.65. The molecular weight excluding hydrogens is 266 g/mol. The highest BCUT2D eigenvalue weighted by molar-refractivity contribution is 6.03. The van der Waals surface area contributed by atoms with Crippen LogP contribution in [-0.4, -0.2) is 16.1 Å². The number of aryl methyl sites for hydroxylation is 1. The Kier molecular flexibility index (Phi) is 4.49. The highest BCUT2D eigenvalue weighted by Gasteiger charge is 2.14. The maximum absolute atomic E-state index is 12.3. The fourth-order valence-electron chi connectivity index (χ4n) is 2.05. The van der Waals surface area contributed by atoms with Crippen molar-refractivity contribution in [2.75, 3.05) is 10.7 Å². The first-order valence-electron chi connectivity index (χ1n) is 6.74. The fourth-order valence-corrected chi connectivity index (χ4v) is 2.05. The second kappa shape index (κ2) is 6.32. The number of nitrogens with two attached hydrogens (primary N) is 1. The molecule has 1 heterocycles. The summed E-state index contributed by atoms with van der Waals surface area (Å²) in [6, 6.07) is 9.14. The fraction of sp³-hybridized carbons (Fsp3) is 0.267. The maximum Gasteiger partial charge on any atom is 0.276 e. The van der Waals surface area contributed by atoms with E-state index in [-0.39, 0.29) is 11.6 Å². The van der Waals surface area contributed by atoms with Crippen LogP contribution in [0.15, 0.2) is 30.3 Å². The minimum Gasteiger partial charge on any atom is -0.320 e. The van der Waals surface area contributed by atoms with Gasteiger partial charge in [-0.25, -0.2) is 5.84 Å². The molecule has 21 heavy (non-hydrogen) atoms. The number of carbonyl (C=O) groups excluding carboxylic acids is 1. The largest absolute Gasteiger partial charge is 0.320 e. The lowest BCUT2D eigenvalue weighted by molar-refractivity contribution is 0.102. The predicted octanol–water partition coefficient (Wildman–Crippen LogP) is 2.45. The zero-order chi connectivity index (χ0) is 15.4. The summed E-state index contributed by atoms with van der Waals surface area (Å²) in [6.07, 6.45) is 0. The van der Waals surface area contributed by atoms with Crippen molar-refractivity contribution in [2.45, 2.75) is 26.7 Å². The number of aromatic nitrogens is 2. The van der Waals surface area contributed by atoms with Gasteiger partial charge in [0.1, 0.15) is 0 Å². The quantitative estimate of drug-likeness (QED) is 0.592. The number of nitrogen functional groups attached to an aromatic ring is 1. The summed E-state index contributed by atoms with van der Waals surface area (Å²) in [7, 11) is 0. The first kappa shape index (κ1) is 14.9. The number of hydrogen-bond acceptors (Lipinski definition) is 5. The lowest BCUT2D eigenvalue weighted by Gasteiger charge is -2.16. The van der Waals surface area contributed by atoms with E-state index in [0.29, 0.717) is 11.7 Å². The zero-order valence-corrected chi connectivity index (χ0v) is 12.3. The number of nitrogens with zero attached hydrogens (tertiary/aromatic N) is 2. The number of nitrogens with one attached hydrogen (secondary N) is 2. The summed E-state index contributed by atoms with van der Waals surface area (Å²) in [4.78, 5) is 12.3. The molecule has 1 aromatic heterocycles. The van der Waals surface area contributed by atoms with Gasteiger partial charge in [-0.15, -0.1) is 10.2 Å². The molecule has 0 saturated heterocycles. The Morgan fingerprint density at radius 3 is 2.52 bits per heavy atom. The molecule has 1 aromatic carbocycles. The molecule has 1 amide bonds. The second-order valence-electron chi connectivity index (χ2n) is 5.10. The van der Waals surface area contributed by atoms with E-state index in [1.54, 1.807) is 12.1 Å². The smallest absolute Gasteiger partial charge is 0.276 e. The number of anilines is 2. The summed E-state index contributed by atoms with van der Waals surface area (Å²) >= 11 is 0. The highest BCUT2D eigenvalue weighted by atomic mass is 16.1. The van der Waals surface area contributed by atoms with Crippen LogP contribution in [-0.2, 0) is 0 Å². The molecule has 0 aliphatic carbocycles. The van der Waals surface area contributed by atoms with Crippen molar-refractivity contribution in [3.63, 3.8) is 0 Å². The molecule has 0 aliphatic heterocycles. The summed E-state index contributed by atoms with van der Waals surface area (Å²) in [5.41, 5.74) is 5.56. The van der Waals surface area contributed by atoms with Crippen molar-refractivity contribution < 1.29 is 4.79 Å². The molecule has 0 atom stereocenters. The normalized spacial score (nSPS) is 10.5. The highest BCUT2D eigenvalue weighted by Crippen LogP contribution is 2.27. The number of carbonyl (C=O) groups is 1. The van der Waals surface area contributed by atoms with Crippen LogP contribution in [0.3, 0.4) is 0 Å². The van der Waals surface area contributed by atoms with E-state index < -0.39 is 0 Å². The Bertz CT molecular complexity index is 637. The van der Waals surface area contributed by atoms with Gasteiger partial charge in [-0.1, -0.05) is 32.0 Å². The molecule has 0 aliphatic rings. The van der Waals surface area contributed by atoms with Crippen molar-refractivity contribution in [1.82, 2.24) is 10.2 Å². The van der Waals surface area contributed by atoms with E-state index in [1.807, 2.05) is 25.1 Å².